The Morgan fingerprint density at radius 2 is 1.83 bits per heavy atom. The van der Waals surface area contributed by atoms with E-state index in [1.54, 1.807) is 19.2 Å². The van der Waals surface area contributed by atoms with Crippen LogP contribution in [-0.2, 0) is 11.3 Å². The van der Waals surface area contributed by atoms with Crippen LogP contribution >= 0.6 is 11.3 Å². The highest BCUT2D eigenvalue weighted by molar-refractivity contribution is 7.17. The molecule has 0 amide bonds. The van der Waals surface area contributed by atoms with Crippen molar-refractivity contribution < 1.29 is 19.4 Å². The van der Waals surface area contributed by atoms with Gasteiger partial charge in [-0.05, 0) is 23.3 Å². The Morgan fingerprint density at radius 3 is 2.54 bits per heavy atom. The quantitative estimate of drug-likeness (QED) is 0.717. The summed E-state index contributed by atoms with van der Waals surface area (Å²) in [7, 11) is 1.60. The van der Waals surface area contributed by atoms with E-state index in [0.717, 1.165) is 11.1 Å². The second-order valence-electron chi connectivity index (χ2n) is 4.97. The average Bonchev–Trinajstić information content (AvgIpc) is 3.00. The van der Waals surface area contributed by atoms with Crippen molar-refractivity contribution in [3.8, 4) is 21.4 Å². The lowest BCUT2D eigenvalue weighted by Gasteiger charge is -2.07. The Labute approximate surface area is 143 Å². The molecule has 0 saturated carbocycles. The highest BCUT2D eigenvalue weighted by Gasteiger charge is 2.21. The fourth-order valence-electron chi connectivity index (χ4n) is 2.28. The molecule has 0 aliphatic heterocycles. The zero-order valence-electron chi connectivity index (χ0n) is 12.9. The predicted molar refractivity (Wildman–Crippen MR) is 91.7 cm³/mol. The maximum atomic E-state index is 11.6. The zero-order valence-corrected chi connectivity index (χ0v) is 13.7. The summed E-state index contributed by atoms with van der Waals surface area (Å²) in [6.45, 7) is 0.391. The van der Waals surface area contributed by atoms with Crippen LogP contribution in [0.25, 0.3) is 10.4 Å². The minimum Gasteiger partial charge on any atom is -0.476 e. The fraction of sp³-hybridized carbons (Fsp3) is 0.111. The minimum absolute atomic E-state index is 0.0190. The maximum Gasteiger partial charge on any atom is 0.356 e. The van der Waals surface area contributed by atoms with Gasteiger partial charge in [-0.3, -0.25) is 0 Å². The number of thiazole rings is 1. The first-order valence-electron chi connectivity index (χ1n) is 7.23. The number of methoxy groups -OCH3 is 1. The van der Waals surface area contributed by atoms with Crippen molar-refractivity contribution in [2.75, 3.05) is 7.11 Å². The molecule has 0 atom stereocenters. The Bertz CT molecular complexity index is 845. The number of benzene rings is 2. The number of carboxylic acid groups (broad SMARTS) is 1. The first-order chi connectivity index (χ1) is 11.7. The molecule has 0 radical (unpaired) electrons. The third-order valence-electron chi connectivity index (χ3n) is 3.32. The molecule has 5 nitrogen and oxygen atoms in total. The molecular weight excluding hydrogens is 326 g/mol. The van der Waals surface area contributed by atoms with Gasteiger partial charge in [-0.25, -0.2) is 4.79 Å². The summed E-state index contributed by atoms with van der Waals surface area (Å²) in [6, 6.07) is 16.7. The summed E-state index contributed by atoms with van der Waals surface area (Å²) >= 11 is 1.21. The lowest BCUT2D eigenvalue weighted by Crippen LogP contribution is -2.00. The number of aromatic carboxylic acids is 1. The van der Waals surface area contributed by atoms with Gasteiger partial charge in [0.1, 0.15) is 5.75 Å². The van der Waals surface area contributed by atoms with Gasteiger partial charge in [0.05, 0.1) is 11.5 Å². The molecule has 0 spiro atoms. The second kappa shape index (κ2) is 7.25. The predicted octanol–water partition coefficient (Wildman–Crippen LogP) is 4.45. The van der Waals surface area contributed by atoms with Gasteiger partial charge in [-0.2, -0.15) is 4.98 Å². The molecule has 0 unspecified atom stereocenters. The van der Waals surface area contributed by atoms with Crippen molar-refractivity contribution in [2.45, 2.75) is 6.61 Å². The van der Waals surface area contributed by atoms with Crippen LogP contribution in [0.5, 0.6) is 10.9 Å². The van der Waals surface area contributed by atoms with Gasteiger partial charge in [0.25, 0.3) is 5.19 Å². The van der Waals surface area contributed by atoms with E-state index in [1.807, 2.05) is 42.5 Å². The van der Waals surface area contributed by atoms with Crippen LogP contribution in [0.4, 0.5) is 0 Å². The van der Waals surface area contributed by atoms with Gasteiger partial charge in [-0.15, -0.1) is 0 Å². The van der Waals surface area contributed by atoms with Crippen molar-refractivity contribution in [1.82, 2.24) is 4.98 Å². The summed E-state index contributed by atoms with van der Waals surface area (Å²) in [6.07, 6.45) is 0. The lowest BCUT2D eigenvalue weighted by atomic mass is 10.1. The molecule has 1 aromatic heterocycles. The van der Waals surface area contributed by atoms with Gasteiger partial charge in [0.2, 0.25) is 0 Å². The molecule has 6 heteroatoms. The Balaban J connectivity index is 2.03. The number of nitrogens with zero attached hydrogens (tertiary/aromatic N) is 1. The highest BCUT2D eigenvalue weighted by atomic mass is 32.1. The number of aromatic nitrogens is 1. The first kappa shape index (κ1) is 16.2. The highest BCUT2D eigenvalue weighted by Crippen LogP contribution is 2.38. The molecule has 3 rings (SSSR count). The summed E-state index contributed by atoms with van der Waals surface area (Å²) in [5, 5.41) is 9.78. The van der Waals surface area contributed by atoms with E-state index in [2.05, 4.69) is 4.98 Å². The summed E-state index contributed by atoms with van der Waals surface area (Å²) in [5.41, 5.74) is 1.67. The van der Waals surface area contributed by atoms with E-state index >= 15 is 0 Å². The molecule has 0 bridgehead atoms. The SMILES string of the molecule is COCc1ccccc1-c1sc(Oc2ccccc2)nc1C(=O)O. The van der Waals surface area contributed by atoms with Crippen molar-refractivity contribution >= 4 is 17.3 Å². The van der Waals surface area contributed by atoms with Crippen LogP contribution in [0, 0.1) is 0 Å². The van der Waals surface area contributed by atoms with Gasteiger partial charge < -0.3 is 14.6 Å². The summed E-state index contributed by atoms with van der Waals surface area (Å²) < 4.78 is 10.9. The van der Waals surface area contributed by atoms with Crippen LogP contribution in [0.3, 0.4) is 0 Å². The van der Waals surface area contributed by atoms with Crippen LogP contribution < -0.4 is 4.74 Å². The molecular formula is C18H15NO4S. The molecule has 1 N–H and O–H groups in total. The molecule has 0 fully saturated rings. The van der Waals surface area contributed by atoms with Crippen LogP contribution in [0.15, 0.2) is 54.6 Å². The van der Waals surface area contributed by atoms with Crippen LogP contribution in [0.1, 0.15) is 16.1 Å². The molecule has 3 aromatic rings. The zero-order chi connectivity index (χ0) is 16.9. The van der Waals surface area contributed by atoms with Crippen molar-refractivity contribution in [3.05, 3.63) is 65.9 Å². The van der Waals surface area contributed by atoms with Gasteiger partial charge in [0, 0.05) is 7.11 Å². The monoisotopic (exact) mass is 341 g/mol. The molecule has 2 aromatic carbocycles. The van der Waals surface area contributed by atoms with E-state index in [-0.39, 0.29) is 5.69 Å². The van der Waals surface area contributed by atoms with Gasteiger partial charge in [0.15, 0.2) is 5.69 Å². The molecule has 0 saturated heterocycles. The van der Waals surface area contributed by atoms with E-state index in [4.69, 9.17) is 9.47 Å². The Hall–Kier alpha value is -2.70. The first-order valence-corrected chi connectivity index (χ1v) is 8.05. The smallest absolute Gasteiger partial charge is 0.356 e. The average molecular weight is 341 g/mol. The Morgan fingerprint density at radius 1 is 1.12 bits per heavy atom. The minimum atomic E-state index is -1.09. The number of hydrogen-bond acceptors (Lipinski definition) is 5. The van der Waals surface area contributed by atoms with Crippen molar-refractivity contribution in [1.29, 1.82) is 0 Å². The third kappa shape index (κ3) is 3.45. The van der Waals surface area contributed by atoms with Crippen molar-refractivity contribution in [3.63, 3.8) is 0 Å². The number of ether oxygens (including phenoxy) is 2. The molecule has 0 aliphatic carbocycles. The number of hydrogen-bond donors (Lipinski definition) is 1. The van der Waals surface area contributed by atoms with E-state index in [1.165, 1.54) is 11.3 Å². The third-order valence-corrected chi connectivity index (χ3v) is 4.29. The number of rotatable bonds is 6. The van der Waals surface area contributed by atoms with Gasteiger partial charge in [-0.1, -0.05) is 53.8 Å². The second-order valence-corrected chi connectivity index (χ2v) is 5.93. The topological polar surface area (TPSA) is 68.7 Å². The molecule has 24 heavy (non-hydrogen) atoms. The van der Waals surface area contributed by atoms with Crippen molar-refractivity contribution in [2.24, 2.45) is 0 Å². The molecule has 1 heterocycles. The molecule has 0 aliphatic rings. The lowest BCUT2D eigenvalue weighted by molar-refractivity contribution is 0.0691. The normalized spacial score (nSPS) is 10.5. The maximum absolute atomic E-state index is 11.6. The fourth-order valence-corrected chi connectivity index (χ4v) is 3.27. The van der Waals surface area contributed by atoms with E-state index in [0.29, 0.717) is 22.4 Å². The van der Waals surface area contributed by atoms with E-state index < -0.39 is 5.97 Å². The van der Waals surface area contributed by atoms with Crippen LogP contribution in [0.2, 0.25) is 0 Å². The standard InChI is InChI=1S/C18H15NO4S/c1-22-11-12-7-5-6-10-14(12)16-15(17(20)21)19-18(24-16)23-13-8-3-2-4-9-13/h2-10H,11H2,1H3,(H,20,21). The number of carbonyl (C=O) groups is 1. The summed E-state index contributed by atoms with van der Waals surface area (Å²) in [4.78, 5) is 16.3. The van der Waals surface area contributed by atoms with Crippen LogP contribution in [-0.4, -0.2) is 23.2 Å². The number of carboxylic acids is 1. The molecule has 122 valence electrons. The Kier molecular flexibility index (Phi) is 4.88. The van der Waals surface area contributed by atoms with Gasteiger partial charge >= 0.3 is 5.97 Å². The largest absolute Gasteiger partial charge is 0.476 e. The summed E-state index contributed by atoms with van der Waals surface area (Å²) in [5.74, 6) is -0.476. The number of para-hydroxylation sites is 1. The van der Waals surface area contributed by atoms with E-state index in [9.17, 15) is 9.90 Å².